The van der Waals surface area contributed by atoms with Gasteiger partial charge in [0.05, 0.1) is 44.0 Å². The van der Waals surface area contributed by atoms with Crippen LogP contribution in [-0.2, 0) is 0 Å². The highest BCUT2D eigenvalue weighted by Crippen LogP contribution is 2.27. The third kappa shape index (κ3) is 2.10. The van der Waals surface area contributed by atoms with Gasteiger partial charge in [0.2, 0.25) is 0 Å². The zero-order valence-electron chi connectivity index (χ0n) is 7.63. The van der Waals surface area contributed by atoms with Crippen molar-refractivity contribution < 1.29 is 0 Å². The first-order valence-electron chi connectivity index (χ1n) is 3.83. The number of nitrogens with one attached hydrogen (secondary N) is 1. The average Bonchev–Trinajstić information content (AvgIpc) is 2.03. The van der Waals surface area contributed by atoms with E-state index in [9.17, 15) is 0 Å². The second-order valence-corrected chi connectivity index (χ2v) is 4.16. The molecule has 1 aromatic carbocycles. The predicted octanol–water partition coefficient (Wildman–Crippen LogP) is 2.65. The summed E-state index contributed by atoms with van der Waals surface area (Å²) in [7, 11) is 6.48. The first kappa shape index (κ1) is 9.80. The Morgan fingerprint density at radius 2 is 1.75 bits per heavy atom. The van der Waals surface area contributed by atoms with Crippen molar-refractivity contribution in [1.82, 2.24) is 4.48 Å². The third-order valence-corrected chi connectivity index (χ3v) is 2.31. The largest absolute Gasteiger partial charge is 0.323 e. The highest BCUT2D eigenvalue weighted by Gasteiger charge is 2.15. The number of anilines is 1. The predicted molar refractivity (Wildman–Crippen MR) is 63.7 cm³/mol. The minimum atomic E-state index is 0.839. The van der Waals surface area contributed by atoms with E-state index in [1.54, 1.807) is 0 Å². The number of rotatable bonds is 2. The van der Waals surface area contributed by atoms with E-state index in [2.05, 4.69) is 65.7 Å². The summed E-state index contributed by atoms with van der Waals surface area (Å²) < 4.78 is 4.00. The number of hydrogen-bond acceptors (Lipinski definition) is 1. The first-order valence-corrected chi connectivity index (χ1v) is 4.91. The van der Waals surface area contributed by atoms with Crippen molar-refractivity contribution in [3.8, 4) is 0 Å². The number of benzene rings is 1. The van der Waals surface area contributed by atoms with Gasteiger partial charge in [0.15, 0.2) is 5.69 Å². The summed E-state index contributed by atoms with van der Waals surface area (Å²) in [5.74, 6) is 0. The van der Waals surface area contributed by atoms with Crippen LogP contribution in [0.25, 0.3) is 0 Å². The molecule has 0 saturated heterocycles. The maximum absolute atomic E-state index is 3.16. The molecule has 66 valence electrons. The summed E-state index contributed by atoms with van der Waals surface area (Å²) in [6.45, 7) is 0. The lowest BCUT2D eigenvalue weighted by atomic mass is 10.2. The van der Waals surface area contributed by atoms with Crippen LogP contribution in [0, 0.1) is 0 Å². The van der Waals surface area contributed by atoms with Crippen LogP contribution in [0.15, 0.2) is 24.3 Å². The Kier molecular flexibility index (Phi) is 2.95. The van der Waals surface area contributed by atoms with Crippen molar-refractivity contribution in [3.05, 3.63) is 24.3 Å². The lowest BCUT2D eigenvalue weighted by Gasteiger charge is -2.25. The maximum atomic E-state index is 3.16. The van der Waals surface area contributed by atoms with Crippen LogP contribution in [0.5, 0.6) is 0 Å². The molecule has 0 aliphatic carbocycles. The van der Waals surface area contributed by atoms with Gasteiger partial charge in [0.1, 0.15) is 5.69 Å². The van der Waals surface area contributed by atoms with E-state index in [-0.39, 0.29) is 0 Å². The molecule has 0 aliphatic heterocycles. The molecular formula is C9H14IN2+. The Bertz CT molecular complexity index is 265. The molecule has 1 aromatic rings. The van der Waals surface area contributed by atoms with Gasteiger partial charge in [0, 0.05) is 6.07 Å². The molecule has 0 amide bonds. The molecule has 0 radical (unpaired) electrons. The highest BCUT2D eigenvalue weighted by molar-refractivity contribution is 14.1. The van der Waals surface area contributed by atoms with Gasteiger partial charge in [-0.2, -0.15) is 0 Å². The van der Waals surface area contributed by atoms with E-state index in [0.717, 1.165) is 4.48 Å². The molecule has 0 atom stereocenters. The van der Waals surface area contributed by atoms with Crippen LogP contribution in [-0.4, -0.2) is 21.1 Å². The molecule has 0 bridgehead atoms. The highest BCUT2D eigenvalue weighted by atomic mass is 127. The number of halogens is 1. The molecule has 2 nitrogen and oxygen atoms in total. The Morgan fingerprint density at radius 1 is 1.17 bits per heavy atom. The third-order valence-electron chi connectivity index (χ3n) is 1.73. The van der Waals surface area contributed by atoms with E-state index in [0.29, 0.717) is 0 Å². The molecule has 0 saturated carbocycles. The SMILES string of the molecule is C[N+](C)(C)c1ccccc1NI. The van der Waals surface area contributed by atoms with Gasteiger partial charge in [-0.1, -0.05) is 12.1 Å². The van der Waals surface area contributed by atoms with Crippen LogP contribution in [0.1, 0.15) is 0 Å². The van der Waals surface area contributed by atoms with Crippen molar-refractivity contribution in [2.75, 3.05) is 24.7 Å². The fraction of sp³-hybridized carbons (Fsp3) is 0.333. The van der Waals surface area contributed by atoms with E-state index in [1.165, 1.54) is 11.4 Å². The second-order valence-electron chi connectivity index (χ2n) is 3.62. The van der Waals surface area contributed by atoms with E-state index in [4.69, 9.17) is 0 Å². The van der Waals surface area contributed by atoms with Crippen molar-refractivity contribution in [1.29, 1.82) is 0 Å². The monoisotopic (exact) mass is 277 g/mol. The van der Waals surface area contributed by atoms with Gasteiger partial charge < -0.3 is 3.53 Å². The van der Waals surface area contributed by atoms with Crippen molar-refractivity contribution in [2.45, 2.75) is 0 Å². The van der Waals surface area contributed by atoms with Gasteiger partial charge in [-0.3, -0.25) is 4.48 Å². The van der Waals surface area contributed by atoms with E-state index < -0.39 is 0 Å². The van der Waals surface area contributed by atoms with Crippen LogP contribution in [0.2, 0.25) is 0 Å². The summed E-state index contributed by atoms with van der Waals surface area (Å²) in [5.41, 5.74) is 2.48. The molecule has 1 N–H and O–H groups in total. The topological polar surface area (TPSA) is 12.0 Å². The van der Waals surface area contributed by atoms with Crippen LogP contribution < -0.4 is 8.01 Å². The molecule has 0 aromatic heterocycles. The van der Waals surface area contributed by atoms with Crippen LogP contribution in [0.4, 0.5) is 11.4 Å². The van der Waals surface area contributed by atoms with Gasteiger partial charge in [-0.05, 0) is 6.07 Å². The summed E-state index contributed by atoms with van der Waals surface area (Å²) in [4.78, 5) is 0. The van der Waals surface area contributed by atoms with Gasteiger partial charge in [-0.15, -0.1) is 0 Å². The Balaban J connectivity index is 3.14. The molecular weight excluding hydrogens is 263 g/mol. The zero-order chi connectivity index (χ0) is 9.19. The minimum Gasteiger partial charge on any atom is -0.323 e. The fourth-order valence-corrected chi connectivity index (χ4v) is 1.59. The summed E-state index contributed by atoms with van der Waals surface area (Å²) in [6, 6.07) is 8.34. The summed E-state index contributed by atoms with van der Waals surface area (Å²) in [6.07, 6.45) is 0. The molecule has 12 heavy (non-hydrogen) atoms. The fourth-order valence-electron chi connectivity index (χ4n) is 1.14. The molecule has 1 rings (SSSR count). The maximum Gasteiger partial charge on any atom is 0.156 e. The molecule has 0 fully saturated rings. The normalized spacial score (nSPS) is 11.3. The average molecular weight is 277 g/mol. The number of hydrogen-bond donors (Lipinski definition) is 1. The van der Waals surface area contributed by atoms with Crippen molar-refractivity contribution in [2.24, 2.45) is 0 Å². The molecule has 0 spiro atoms. The number of nitrogens with zero attached hydrogens (tertiary/aromatic N) is 1. The minimum absolute atomic E-state index is 0.839. The van der Waals surface area contributed by atoms with E-state index in [1.807, 2.05) is 6.07 Å². The van der Waals surface area contributed by atoms with Crippen LogP contribution in [0.3, 0.4) is 0 Å². The van der Waals surface area contributed by atoms with Crippen molar-refractivity contribution in [3.63, 3.8) is 0 Å². The summed E-state index contributed by atoms with van der Waals surface area (Å²) >= 11 is 2.16. The Labute approximate surface area is 87.7 Å². The number of quaternary nitrogens is 1. The smallest absolute Gasteiger partial charge is 0.156 e. The standard InChI is InChI=1S/C9H14IN2/c1-12(2,3)9-7-5-4-6-8(9)11-10/h4-7,11H,1-3H3/q+1. The zero-order valence-corrected chi connectivity index (χ0v) is 9.79. The molecule has 0 aliphatic rings. The molecule has 0 unspecified atom stereocenters. The second kappa shape index (κ2) is 3.62. The Hall–Kier alpha value is -0.290. The lowest BCUT2D eigenvalue weighted by Crippen LogP contribution is -2.35. The van der Waals surface area contributed by atoms with Gasteiger partial charge in [-0.25, -0.2) is 0 Å². The number of para-hydroxylation sites is 2. The summed E-state index contributed by atoms with van der Waals surface area (Å²) in [5, 5.41) is 0. The van der Waals surface area contributed by atoms with Crippen molar-refractivity contribution >= 4 is 34.2 Å². The first-order chi connectivity index (χ1) is 5.55. The van der Waals surface area contributed by atoms with Gasteiger partial charge in [0.25, 0.3) is 0 Å². The lowest BCUT2D eigenvalue weighted by molar-refractivity contribution is 0.488. The van der Waals surface area contributed by atoms with Crippen LogP contribution >= 0.6 is 22.9 Å². The molecule has 0 heterocycles. The quantitative estimate of drug-likeness (QED) is 0.498. The van der Waals surface area contributed by atoms with Gasteiger partial charge >= 0.3 is 0 Å². The Morgan fingerprint density at radius 3 is 2.17 bits per heavy atom. The molecule has 3 heteroatoms. The van der Waals surface area contributed by atoms with E-state index >= 15 is 0 Å².